The van der Waals surface area contributed by atoms with Gasteiger partial charge in [0.25, 0.3) is 0 Å². The van der Waals surface area contributed by atoms with Crippen LogP contribution in [-0.4, -0.2) is 27.2 Å². The van der Waals surface area contributed by atoms with E-state index in [0.717, 1.165) is 12.8 Å². The van der Waals surface area contributed by atoms with Gasteiger partial charge in [-0.25, -0.2) is 13.1 Å². The van der Waals surface area contributed by atoms with Crippen molar-refractivity contribution in [1.29, 1.82) is 0 Å². The Balaban J connectivity index is 2.16. The predicted octanol–water partition coefficient (Wildman–Crippen LogP) is 1.90. The van der Waals surface area contributed by atoms with Crippen LogP contribution in [0.15, 0.2) is 23.1 Å². The number of hydrogen-bond donors (Lipinski definition) is 2. The topological polar surface area (TPSA) is 75.6 Å². The van der Waals surface area contributed by atoms with Crippen molar-refractivity contribution >= 4 is 10.0 Å². The first-order valence-electron chi connectivity index (χ1n) is 7.12. The van der Waals surface area contributed by atoms with Gasteiger partial charge in [0.05, 0.1) is 18.6 Å². The third-order valence-corrected chi connectivity index (χ3v) is 5.86. The molecule has 0 atom stereocenters. The first kappa shape index (κ1) is 16.3. The quantitative estimate of drug-likeness (QED) is 0.806. The van der Waals surface area contributed by atoms with Gasteiger partial charge in [0.15, 0.2) is 0 Å². The lowest BCUT2D eigenvalue weighted by molar-refractivity contribution is 0.273. The van der Waals surface area contributed by atoms with Crippen molar-refractivity contribution in [2.75, 3.05) is 13.7 Å². The van der Waals surface area contributed by atoms with E-state index in [1.165, 1.54) is 19.2 Å². The highest BCUT2D eigenvalue weighted by Gasteiger charge is 2.45. The van der Waals surface area contributed by atoms with Gasteiger partial charge in [-0.1, -0.05) is 13.8 Å². The number of methoxy groups -OCH3 is 1. The van der Waals surface area contributed by atoms with Crippen molar-refractivity contribution in [3.05, 3.63) is 23.8 Å². The van der Waals surface area contributed by atoms with E-state index in [-0.39, 0.29) is 16.9 Å². The molecular weight excluding hydrogens is 290 g/mol. The first-order chi connectivity index (χ1) is 9.84. The molecule has 0 heterocycles. The van der Waals surface area contributed by atoms with Gasteiger partial charge in [0.1, 0.15) is 5.75 Å². The second-order valence-electron chi connectivity index (χ2n) is 5.97. The molecule has 1 saturated carbocycles. The van der Waals surface area contributed by atoms with E-state index in [2.05, 4.69) is 18.6 Å². The third-order valence-electron chi connectivity index (χ3n) is 4.46. The van der Waals surface area contributed by atoms with Crippen LogP contribution >= 0.6 is 0 Å². The summed E-state index contributed by atoms with van der Waals surface area (Å²) in [5, 5.41) is 9.29. The van der Waals surface area contributed by atoms with Crippen LogP contribution < -0.4 is 9.46 Å². The minimum Gasteiger partial charge on any atom is -0.496 e. The summed E-state index contributed by atoms with van der Waals surface area (Å²) in [7, 11) is -2.07. The van der Waals surface area contributed by atoms with Crippen LogP contribution in [0.1, 0.15) is 32.3 Å². The molecule has 1 aliphatic carbocycles. The summed E-state index contributed by atoms with van der Waals surface area (Å²) in [4.78, 5) is 0.159. The van der Waals surface area contributed by atoms with Crippen molar-refractivity contribution in [3.8, 4) is 5.75 Å². The fraction of sp³-hybridized carbons (Fsp3) is 0.600. The zero-order valence-electron chi connectivity index (χ0n) is 12.7. The zero-order valence-corrected chi connectivity index (χ0v) is 13.5. The van der Waals surface area contributed by atoms with E-state index < -0.39 is 10.0 Å². The van der Waals surface area contributed by atoms with E-state index >= 15 is 0 Å². The highest BCUT2D eigenvalue weighted by Crippen LogP contribution is 2.51. The molecule has 0 bridgehead atoms. The van der Waals surface area contributed by atoms with Crippen molar-refractivity contribution in [2.45, 2.75) is 38.2 Å². The highest BCUT2D eigenvalue weighted by molar-refractivity contribution is 7.89. The van der Waals surface area contributed by atoms with E-state index in [4.69, 9.17) is 4.74 Å². The number of aliphatic hydroxyl groups is 1. The fourth-order valence-electron chi connectivity index (χ4n) is 2.49. The molecule has 0 unspecified atom stereocenters. The molecule has 118 valence electrons. The molecular formula is C15H23NO4S. The fourth-order valence-corrected chi connectivity index (χ4v) is 3.68. The Morgan fingerprint density at radius 3 is 2.52 bits per heavy atom. The summed E-state index contributed by atoms with van der Waals surface area (Å²) in [6.45, 7) is 4.45. The third kappa shape index (κ3) is 3.39. The smallest absolute Gasteiger partial charge is 0.240 e. The number of ether oxygens (including phenoxy) is 1. The van der Waals surface area contributed by atoms with Gasteiger partial charge >= 0.3 is 0 Å². The molecule has 0 saturated heterocycles. The lowest BCUT2D eigenvalue weighted by Crippen LogP contribution is -2.32. The summed E-state index contributed by atoms with van der Waals surface area (Å²) < 4.78 is 32.5. The largest absolute Gasteiger partial charge is 0.496 e. The van der Waals surface area contributed by atoms with E-state index in [9.17, 15) is 13.5 Å². The summed E-state index contributed by atoms with van der Waals surface area (Å²) >= 11 is 0. The Kier molecular flexibility index (Phi) is 4.60. The van der Waals surface area contributed by atoms with Crippen molar-refractivity contribution in [1.82, 2.24) is 4.72 Å². The minimum absolute atomic E-state index is 0.110. The lowest BCUT2D eigenvalue weighted by Gasteiger charge is -2.20. The molecule has 1 aliphatic rings. The van der Waals surface area contributed by atoms with Crippen LogP contribution in [0, 0.1) is 11.3 Å². The van der Waals surface area contributed by atoms with Gasteiger partial charge in [0, 0.05) is 12.1 Å². The maximum absolute atomic E-state index is 12.4. The zero-order chi connectivity index (χ0) is 15.7. The number of rotatable bonds is 7. The Labute approximate surface area is 126 Å². The predicted molar refractivity (Wildman–Crippen MR) is 80.6 cm³/mol. The first-order valence-corrected chi connectivity index (χ1v) is 8.60. The van der Waals surface area contributed by atoms with Crippen LogP contribution in [0.5, 0.6) is 5.75 Å². The molecule has 5 nitrogen and oxygen atoms in total. The molecule has 0 amide bonds. The summed E-state index contributed by atoms with van der Waals surface area (Å²) in [5.74, 6) is 0.946. The molecule has 1 fully saturated rings. The molecule has 0 radical (unpaired) electrons. The Hall–Kier alpha value is -1.11. The van der Waals surface area contributed by atoms with Crippen molar-refractivity contribution in [3.63, 3.8) is 0 Å². The summed E-state index contributed by atoms with van der Waals surface area (Å²) in [5.41, 5.74) is 0.574. The van der Waals surface area contributed by atoms with Crippen LogP contribution in [0.2, 0.25) is 0 Å². The normalized spacial score (nSPS) is 17.0. The molecule has 0 aliphatic heterocycles. The van der Waals surface area contributed by atoms with E-state index in [1.54, 1.807) is 6.07 Å². The highest BCUT2D eigenvalue weighted by atomic mass is 32.2. The van der Waals surface area contributed by atoms with E-state index in [0.29, 0.717) is 23.8 Å². The molecule has 1 aromatic carbocycles. The molecule has 2 N–H and O–H groups in total. The maximum Gasteiger partial charge on any atom is 0.240 e. The second-order valence-corrected chi connectivity index (χ2v) is 7.74. The number of benzene rings is 1. The number of sulfonamides is 1. The lowest BCUT2D eigenvalue weighted by atomic mass is 9.93. The van der Waals surface area contributed by atoms with Gasteiger partial charge < -0.3 is 9.84 Å². The molecule has 2 rings (SSSR count). The van der Waals surface area contributed by atoms with Gasteiger partial charge in [-0.2, -0.15) is 0 Å². The van der Waals surface area contributed by atoms with E-state index in [1.807, 2.05) is 0 Å². The Morgan fingerprint density at radius 1 is 1.38 bits per heavy atom. The Bertz CT molecular complexity index is 606. The summed E-state index contributed by atoms with van der Waals surface area (Å²) in [6, 6.07) is 4.51. The van der Waals surface area contributed by atoms with Gasteiger partial charge in [-0.15, -0.1) is 0 Å². The van der Waals surface area contributed by atoms with Crippen LogP contribution in [0.25, 0.3) is 0 Å². The van der Waals surface area contributed by atoms with Crippen molar-refractivity contribution in [2.24, 2.45) is 11.3 Å². The standard InChI is InChI=1S/C15H23NO4S/c1-11(2)15(6-7-15)10-16-21(18,19)13-4-5-14(20-3)12(8-13)9-17/h4-5,8,11,16-17H,6-7,9-10H2,1-3H3. The van der Waals surface area contributed by atoms with Gasteiger partial charge in [0.2, 0.25) is 10.0 Å². The SMILES string of the molecule is COc1ccc(S(=O)(=O)NCC2(C(C)C)CC2)cc1CO. The van der Waals surface area contributed by atoms with Crippen molar-refractivity contribution < 1.29 is 18.3 Å². The molecule has 0 aromatic heterocycles. The average molecular weight is 313 g/mol. The minimum atomic E-state index is -3.56. The second kappa shape index (κ2) is 5.94. The van der Waals surface area contributed by atoms with Crippen LogP contribution in [-0.2, 0) is 16.6 Å². The number of aliphatic hydroxyl groups excluding tert-OH is 1. The molecule has 6 heteroatoms. The van der Waals surface area contributed by atoms with Gasteiger partial charge in [-0.05, 0) is 42.4 Å². The Morgan fingerprint density at radius 2 is 2.05 bits per heavy atom. The molecule has 0 spiro atoms. The van der Waals surface area contributed by atoms with Crippen LogP contribution in [0.3, 0.4) is 0 Å². The monoisotopic (exact) mass is 313 g/mol. The average Bonchev–Trinajstić information content (AvgIpc) is 3.25. The summed E-state index contributed by atoms with van der Waals surface area (Å²) in [6.07, 6.45) is 2.13. The molecule has 1 aromatic rings. The van der Waals surface area contributed by atoms with Gasteiger partial charge in [-0.3, -0.25) is 0 Å². The maximum atomic E-state index is 12.4. The van der Waals surface area contributed by atoms with Crippen LogP contribution in [0.4, 0.5) is 0 Å². The molecule has 21 heavy (non-hydrogen) atoms. The number of hydrogen-bond acceptors (Lipinski definition) is 4. The number of nitrogens with one attached hydrogen (secondary N) is 1.